The number of amides is 1. The first kappa shape index (κ1) is 24.6. The second-order valence-corrected chi connectivity index (χ2v) is 11.6. The summed E-state index contributed by atoms with van der Waals surface area (Å²) in [6.07, 6.45) is 5.12. The minimum atomic E-state index is -3.60. The van der Waals surface area contributed by atoms with Gasteiger partial charge in [0.2, 0.25) is 10.0 Å². The Hall–Kier alpha value is -2.55. The van der Waals surface area contributed by atoms with Crippen LogP contribution in [0.1, 0.15) is 60.5 Å². The van der Waals surface area contributed by atoms with Gasteiger partial charge in [0.05, 0.1) is 10.6 Å². The summed E-state index contributed by atoms with van der Waals surface area (Å²) in [4.78, 5) is 17.6. The lowest BCUT2D eigenvalue weighted by Gasteiger charge is -2.32. The van der Waals surface area contributed by atoms with Crippen molar-refractivity contribution in [1.29, 1.82) is 0 Å². The Morgan fingerprint density at radius 3 is 2.44 bits per heavy atom. The van der Waals surface area contributed by atoms with Gasteiger partial charge >= 0.3 is 0 Å². The standard InChI is InChI=1S/C26H31N3O3S2/c1-4-29(21-8-6-5-7-9-21)34(31,32)22-13-11-20(12-14-22)25(30)28-26-27-24(17-33-26)23-15-10-18(2)16-19(23)3/h10-17,21H,4-9H2,1-3H3,(H,27,28,30). The third kappa shape index (κ3) is 5.24. The maximum absolute atomic E-state index is 13.2. The highest BCUT2D eigenvalue weighted by Crippen LogP contribution is 2.29. The Kier molecular flexibility index (Phi) is 7.50. The van der Waals surface area contributed by atoms with Gasteiger partial charge in [0.25, 0.3) is 5.91 Å². The summed E-state index contributed by atoms with van der Waals surface area (Å²) >= 11 is 1.36. The van der Waals surface area contributed by atoms with Crippen LogP contribution in [0.15, 0.2) is 52.7 Å². The smallest absolute Gasteiger partial charge is 0.257 e. The van der Waals surface area contributed by atoms with Crippen LogP contribution in [0, 0.1) is 13.8 Å². The number of nitrogens with one attached hydrogen (secondary N) is 1. The maximum atomic E-state index is 13.2. The highest BCUT2D eigenvalue weighted by Gasteiger charge is 2.31. The number of nitrogens with zero attached hydrogens (tertiary/aromatic N) is 2. The zero-order valence-electron chi connectivity index (χ0n) is 19.9. The number of thiazole rings is 1. The van der Waals surface area contributed by atoms with Crippen LogP contribution in [0.5, 0.6) is 0 Å². The molecule has 0 bridgehead atoms. The van der Waals surface area contributed by atoms with Crippen LogP contribution in [0.4, 0.5) is 5.13 Å². The SMILES string of the molecule is CCN(C1CCCCC1)S(=O)(=O)c1ccc(C(=O)Nc2nc(-c3ccc(C)cc3C)cs2)cc1. The normalized spacial score (nSPS) is 14.9. The monoisotopic (exact) mass is 497 g/mol. The molecule has 1 heterocycles. The Labute approximate surface area is 206 Å². The van der Waals surface area contributed by atoms with E-state index in [9.17, 15) is 13.2 Å². The van der Waals surface area contributed by atoms with Crippen molar-refractivity contribution in [2.24, 2.45) is 0 Å². The molecule has 4 rings (SSSR count). The molecule has 1 aromatic heterocycles. The lowest BCUT2D eigenvalue weighted by molar-refractivity contribution is 0.102. The molecule has 2 aromatic carbocycles. The van der Waals surface area contributed by atoms with E-state index in [0.29, 0.717) is 17.2 Å². The third-order valence-electron chi connectivity index (χ3n) is 6.40. The molecule has 1 amide bonds. The molecule has 0 aliphatic heterocycles. The molecule has 180 valence electrons. The molecular formula is C26H31N3O3S2. The van der Waals surface area contributed by atoms with Crippen molar-refractivity contribution in [1.82, 2.24) is 9.29 Å². The lowest BCUT2D eigenvalue weighted by Crippen LogP contribution is -2.41. The molecule has 0 radical (unpaired) electrons. The van der Waals surface area contributed by atoms with Crippen LogP contribution in [-0.2, 0) is 10.0 Å². The summed E-state index contributed by atoms with van der Waals surface area (Å²) in [5.74, 6) is -0.315. The number of aromatic nitrogens is 1. The summed E-state index contributed by atoms with van der Waals surface area (Å²) in [5, 5.41) is 5.26. The van der Waals surface area contributed by atoms with Gasteiger partial charge < -0.3 is 0 Å². The molecule has 0 atom stereocenters. The lowest BCUT2D eigenvalue weighted by atomic mass is 9.95. The summed E-state index contributed by atoms with van der Waals surface area (Å²) < 4.78 is 28.1. The van der Waals surface area contributed by atoms with Gasteiger partial charge in [0, 0.05) is 29.1 Å². The fourth-order valence-electron chi connectivity index (χ4n) is 4.63. The van der Waals surface area contributed by atoms with Crippen LogP contribution < -0.4 is 5.32 Å². The molecule has 6 nitrogen and oxygen atoms in total. The van der Waals surface area contributed by atoms with Crippen molar-refractivity contribution >= 4 is 32.4 Å². The van der Waals surface area contributed by atoms with Crippen LogP contribution in [0.3, 0.4) is 0 Å². The van der Waals surface area contributed by atoms with Gasteiger partial charge in [-0.3, -0.25) is 10.1 Å². The molecule has 0 unspecified atom stereocenters. The molecule has 34 heavy (non-hydrogen) atoms. The predicted molar refractivity (Wildman–Crippen MR) is 138 cm³/mol. The minimum Gasteiger partial charge on any atom is -0.298 e. The van der Waals surface area contributed by atoms with Gasteiger partial charge in [0.15, 0.2) is 5.13 Å². The van der Waals surface area contributed by atoms with E-state index < -0.39 is 10.0 Å². The highest BCUT2D eigenvalue weighted by molar-refractivity contribution is 7.89. The van der Waals surface area contributed by atoms with Crippen LogP contribution >= 0.6 is 11.3 Å². The molecule has 0 spiro atoms. The van der Waals surface area contributed by atoms with E-state index >= 15 is 0 Å². The number of hydrogen-bond donors (Lipinski definition) is 1. The Morgan fingerprint density at radius 1 is 1.09 bits per heavy atom. The van der Waals surface area contributed by atoms with Gasteiger partial charge in [-0.1, -0.05) is 49.9 Å². The third-order valence-corrected chi connectivity index (χ3v) is 9.20. The summed E-state index contributed by atoms with van der Waals surface area (Å²) in [6, 6.07) is 12.4. The van der Waals surface area contributed by atoms with Crippen LogP contribution in [0.25, 0.3) is 11.3 Å². The quantitative estimate of drug-likeness (QED) is 0.433. The number of aryl methyl sites for hydroxylation is 2. The fourth-order valence-corrected chi connectivity index (χ4v) is 7.03. The number of anilines is 1. The molecular weight excluding hydrogens is 466 g/mol. The van der Waals surface area contributed by atoms with Crippen LogP contribution in [0.2, 0.25) is 0 Å². The van der Waals surface area contributed by atoms with Gasteiger partial charge in [-0.15, -0.1) is 11.3 Å². The number of benzene rings is 2. The predicted octanol–water partition coefficient (Wildman–Crippen LogP) is 6.02. The van der Waals surface area contributed by atoms with Crippen molar-refractivity contribution in [2.45, 2.75) is 63.8 Å². The highest BCUT2D eigenvalue weighted by atomic mass is 32.2. The second-order valence-electron chi connectivity index (χ2n) is 8.83. The van der Waals surface area contributed by atoms with E-state index in [4.69, 9.17) is 0 Å². The topological polar surface area (TPSA) is 79.4 Å². The first-order chi connectivity index (χ1) is 16.3. The van der Waals surface area contributed by atoms with Gasteiger partial charge in [-0.25, -0.2) is 13.4 Å². The maximum Gasteiger partial charge on any atom is 0.257 e. The molecule has 1 aliphatic carbocycles. The first-order valence-electron chi connectivity index (χ1n) is 11.8. The zero-order chi connectivity index (χ0) is 24.3. The number of carbonyl (C=O) groups excluding carboxylic acids is 1. The van der Waals surface area contributed by atoms with Gasteiger partial charge in [0.1, 0.15) is 0 Å². The second kappa shape index (κ2) is 10.4. The van der Waals surface area contributed by atoms with E-state index in [0.717, 1.165) is 42.5 Å². The average Bonchev–Trinajstić information content (AvgIpc) is 3.28. The number of hydrogen-bond acceptors (Lipinski definition) is 5. The van der Waals surface area contributed by atoms with Crippen molar-refractivity contribution < 1.29 is 13.2 Å². The van der Waals surface area contributed by atoms with Crippen molar-refractivity contribution in [3.63, 3.8) is 0 Å². The Balaban J connectivity index is 1.46. The minimum absolute atomic E-state index is 0.0583. The van der Waals surface area contributed by atoms with Crippen molar-refractivity contribution in [3.8, 4) is 11.3 Å². The van der Waals surface area contributed by atoms with E-state index in [1.54, 1.807) is 16.4 Å². The molecule has 1 N–H and O–H groups in total. The van der Waals surface area contributed by atoms with E-state index in [-0.39, 0.29) is 16.8 Å². The molecule has 8 heteroatoms. The summed E-state index contributed by atoms with van der Waals surface area (Å²) in [6.45, 7) is 6.43. The summed E-state index contributed by atoms with van der Waals surface area (Å²) in [7, 11) is -3.60. The number of rotatable bonds is 7. The van der Waals surface area contributed by atoms with Gasteiger partial charge in [-0.05, 0) is 56.5 Å². The van der Waals surface area contributed by atoms with E-state index in [1.807, 2.05) is 31.4 Å². The number of carbonyl (C=O) groups is 1. The average molecular weight is 498 g/mol. The molecule has 1 fully saturated rings. The van der Waals surface area contributed by atoms with E-state index in [2.05, 4.69) is 23.3 Å². The van der Waals surface area contributed by atoms with E-state index in [1.165, 1.54) is 35.5 Å². The molecule has 3 aromatic rings. The largest absolute Gasteiger partial charge is 0.298 e. The van der Waals surface area contributed by atoms with Gasteiger partial charge in [-0.2, -0.15) is 4.31 Å². The summed E-state index contributed by atoms with van der Waals surface area (Å²) in [5.41, 5.74) is 4.57. The fraction of sp³-hybridized carbons (Fsp3) is 0.385. The first-order valence-corrected chi connectivity index (χ1v) is 14.1. The molecule has 0 saturated heterocycles. The Bertz CT molecular complexity index is 1260. The molecule has 1 aliphatic rings. The van der Waals surface area contributed by atoms with Crippen molar-refractivity contribution in [3.05, 3.63) is 64.5 Å². The molecule has 1 saturated carbocycles. The van der Waals surface area contributed by atoms with Crippen molar-refractivity contribution in [2.75, 3.05) is 11.9 Å². The van der Waals surface area contributed by atoms with Crippen LogP contribution in [-0.4, -0.2) is 36.2 Å². The number of sulfonamides is 1. The zero-order valence-corrected chi connectivity index (χ0v) is 21.5. The Morgan fingerprint density at radius 2 is 1.79 bits per heavy atom.